The molecule has 1 atom stereocenters. The number of carbonyl (C=O) groups is 9. The van der Waals surface area contributed by atoms with Crippen LogP contribution in [0.1, 0.15) is 139 Å². The number of nitrogens with zero attached hydrogens (tertiary/aromatic N) is 13. The Morgan fingerprint density at radius 2 is 0.768 bits per heavy atom. The SMILES string of the molecule is CC(=O)N(c1cccc(C(=O)CC2CN(C)C2)c1)C1CCN(C(=O)OC(C)(C)C)C1.CC(=O)N(c1cccc(C(=O)CC2CN(C)C2)c1)C1CCN(C(=O)OC(C)(C)C)CC1.CN1CC(CC(=O)CN2CCOCC2)C1.CN1CC(CC(=O)Cc2ccccc2)C1.CN1CC(CC(=O)N2CCS(=O)(=O)CC2)C1.CN1CC(CS(=O)(=O)Cc2ccccc2)C1.CN1CC(CS(=O)(=O)c2ccccc2)C1. The summed E-state index contributed by atoms with van der Waals surface area (Å²) in [6.07, 6.45) is 5.11. The van der Waals surface area contributed by atoms with E-state index in [1.54, 1.807) is 55.7 Å². The van der Waals surface area contributed by atoms with Crippen molar-refractivity contribution in [2.24, 2.45) is 41.4 Å². The number of hydrogen-bond acceptors (Lipinski definition) is 26. The molecule has 16 rings (SSSR count). The lowest BCUT2D eigenvalue weighted by Gasteiger charge is -2.38. The van der Waals surface area contributed by atoms with Crippen LogP contribution in [-0.4, -0.2) is 392 Å². The third kappa shape index (κ3) is 37.3. The number of sulfone groups is 3. The van der Waals surface area contributed by atoms with Crippen molar-refractivity contribution in [3.8, 4) is 0 Å². The fraction of sp³-hybridized carbons (Fsp3) is 0.625. The quantitative estimate of drug-likeness (QED) is 0.0441. The number of ketones is 4. The van der Waals surface area contributed by atoms with E-state index in [1.165, 1.54) is 6.92 Å². The van der Waals surface area contributed by atoms with Gasteiger partial charge in [-0.15, -0.1) is 0 Å². The maximum atomic E-state index is 12.7. The lowest BCUT2D eigenvalue weighted by Crippen LogP contribution is -2.49. The summed E-state index contributed by atoms with van der Waals surface area (Å²) in [5.74, 6) is 5.16. The van der Waals surface area contributed by atoms with Crippen LogP contribution in [0.2, 0.25) is 0 Å². The van der Waals surface area contributed by atoms with Gasteiger partial charge in [0, 0.05) is 225 Å². The second kappa shape index (κ2) is 51.8. The molecule has 5 aromatic carbocycles. The number of anilines is 2. The zero-order valence-corrected chi connectivity index (χ0v) is 86.9. The maximum Gasteiger partial charge on any atom is 0.410 e. The first-order chi connectivity index (χ1) is 65.1. The molecule has 138 heavy (non-hydrogen) atoms. The molecule has 11 aliphatic heterocycles. The normalized spacial score (nSPS) is 20.3. The van der Waals surface area contributed by atoms with Crippen molar-refractivity contribution in [2.45, 2.75) is 147 Å². The third-order valence-corrected chi connectivity index (χ3v) is 31.6. The van der Waals surface area contributed by atoms with Crippen LogP contribution in [0.25, 0.3) is 0 Å². The van der Waals surface area contributed by atoms with Crippen LogP contribution >= 0.6 is 0 Å². The molecule has 1 unspecified atom stereocenters. The second-order valence-corrected chi connectivity index (χ2v) is 48.7. The molecule has 5 amide bonds. The highest BCUT2D eigenvalue weighted by atomic mass is 32.2. The Hall–Kier alpha value is -8.78. The maximum absolute atomic E-state index is 12.7. The summed E-state index contributed by atoms with van der Waals surface area (Å²) >= 11 is 0. The van der Waals surface area contributed by atoms with E-state index in [0.717, 1.165) is 148 Å². The van der Waals surface area contributed by atoms with E-state index >= 15 is 0 Å². The van der Waals surface area contributed by atoms with E-state index in [4.69, 9.17) is 14.2 Å². The summed E-state index contributed by atoms with van der Waals surface area (Å²) in [7, 11) is 5.46. The average molecular weight is 1970 g/mol. The summed E-state index contributed by atoms with van der Waals surface area (Å²) in [5.41, 5.74) is 3.68. The van der Waals surface area contributed by atoms with E-state index < -0.39 is 40.7 Å². The van der Waals surface area contributed by atoms with Crippen molar-refractivity contribution >= 4 is 93.9 Å². The minimum Gasteiger partial charge on any atom is -0.444 e. The van der Waals surface area contributed by atoms with Gasteiger partial charge in [0.1, 0.15) is 22.8 Å². The van der Waals surface area contributed by atoms with E-state index in [1.807, 2.05) is 178 Å². The fourth-order valence-corrected chi connectivity index (χ4v) is 24.2. The minimum atomic E-state index is -3.07. The molecule has 0 spiro atoms. The number of benzene rings is 5. The van der Waals surface area contributed by atoms with Gasteiger partial charge < -0.3 is 73.0 Å². The Bertz CT molecular complexity index is 5140. The standard InChI is InChI=1S/C24H35N3O4.C23H33N3O4.C13H17NO.C12H17NO2S.C11H20N2O2.C11H15NO2S.C10H18N2O3S/c1-17(28)27(20-9-11-26(12-10-20)23(30)31-24(2,3)4)21-8-6-7-19(14-21)22(29)13-18-15-25(5)16-18;1-16(27)26(20-9-10-25(15-20)22(29)30-23(2,3)4)19-8-6-7-18(12-19)21(28)11-17-13-24(5)14-17;1-14-9-12(10-14)8-13(15)7-11-5-3-2-4-6-11;1-13-7-12(8-13)10-16(14,15)9-11-5-3-2-4-6-11;1-12-7-10(8-12)6-11(14)9-13-2-4-15-5-3-13;1-12-7-10(8-12)9-15(13,14)11-5-3-2-4-6-11;1-11-7-9(8-11)6-10(13)12-2-4-16(14,15)5-3-12/h6-8,14,18,20H,9-13,15-16H2,1-5H3;6-8,12,17,20H,9-11,13-15H2,1-5H3;2-6,12H,7-10H2,1H3;2-6,12H,7-10H2,1H3;10H,2-9H2,1H3;2-6,10H,7-9H2,1H3;9H,2-8H2,1H3. The molecule has 11 saturated heterocycles. The average Bonchev–Trinajstić information content (AvgIpc) is 1.09. The van der Waals surface area contributed by atoms with Gasteiger partial charge in [0.15, 0.2) is 41.1 Å². The van der Waals surface area contributed by atoms with E-state index in [0.29, 0.717) is 171 Å². The number of rotatable bonds is 27. The summed E-state index contributed by atoms with van der Waals surface area (Å²) in [6, 6.07) is 42.6. The molecule has 11 fully saturated rings. The van der Waals surface area contributed by atoms with Gasteiger partial charge in [0.25, 0.3) is 0 Å². The van der Waals surface area contributed by atoms with Gasteiger partial charge in [-0.1, -0.05) is 103 Å². The Balaban J connectivity index is 0.000000170. The predicted molar refractivity (Wildman–Crippen MR) is 540 cm³/mol. The van der Waals surface area contributed by atoms with Gasteiger partial charge in [-0.2, -0.15) is 0 Å². The summed E-state index contributed by atoms with van der Waals surface area (Å²) < 4.78 is 86.2. The minimum absolute atomic E-state index is 0.0122. The van der Waals surface area contributed by atoms with Crippen LogP contribution in [0.4, 0.5) is 21.0 Å². The van der Waals surface area contributed by atoms with Crippen LogP contribution in [0.5, 0.6) is 0 Å². The van der Waals surface area contributed by atoms with Crippen LogP contribution in [0, 0.1) is 41.4 Å². The van der Waals surface area contributed by atoms with Gasteiger partial charge in [0.05, 0.1) is 59.5 Å². The first-order valence-corrected chi connectivity index (χ1v) is 54.4. The lowest BCUT2D eigenvalue weighted by atomic mass is 9.92. The number of Topliss-reactive ketones (excluding diaryl/α,β-unsaturated/α-hetero) is 4. The smallest absolute Gasteiger partial charge is 0.410 e. The van der Waals surface area contributed by atoms with Crippen LogP contribution in [0.15, 0.2) is 144 Å². The Morgan fingerprint density at radius 1 is 0.399 bits per heavy atom. The molecule has 0 saturated carbocycles. The molecule has 5 aromatic rings. The summed E-state index contributed by atoms with van der Waals surface area (Å²) in [6.45, 7) is 34.7. The molecule has 34 heteroatoms. The zero-order valence-electron chi connectivity index (χ0n) is 84.4. The van der Waals surface area contributed by atoms with Crippen molar-refractivity contribution < 1.29 is 82.6 Å². The molecule has 31 nitrogen and oxygen atoms in total. The largest absolute Gasteiger partial charge is 0.444 e. The van der Waals surface area contributed by atoms with Crippen LogP contribution in [-0.2, 0) is 79.9 Å². The van der Waals surface area contributed by atoms with Crippen molar-refractivity contribution in [3.63, 3.8) is 0 Å². The molecule has 0 bridgehead atoms. The highest BCUT2D eigenvalue weighted by Gasteiger charge is 2.39. The van der Waals surface area contributed by atoms with Crippen molar-refractivity contribution in [1.29, 1.82) is 0 Å². The predicted octanol–water partition coefficient (Wildman–Crippen LogP) is 9.73. The molecule has 0 aliphatic carbocycles. The molecule has 0 aromatic heterocycles. The van der Waals surface area contributed by atoms with Gasteiger partial charge in [-0.25, -0.2) is 34.8 Å². The molecule has 11 heterocycles. The number of hydrogen-bond donors (Lipinski definition) is 0. The molecular formula is C104H155N13O18S3. The Morgan fingerprint density at radius 3 is 1.20 bits per heavy atom. The van der Waals surface area contributed by atoms with E-state index in [-0.39, 0.29) is 76.6 Å². The molecule has 11 aliphatic rings. The Labute approximate surface area is 821 Å². The first-order valence-electron chi connectivity index (χ1n) is 49.1. The van der Waals surface area contributed by atoms with Crippen molar-refractivity contribution in [3.05, 3.63) is 162 Å². The first kappa shape index (κ1) is 111. The van der Waals surface area contributed by atoms with Crippen molar-refractivity contribution in [1.82, 2.24) is 53.9 Å². The highest BCUT2D eigenvalue weighted by Crippen LogP contribution is 2.32. The number of amides is 5. The van der Waals surface area contributed by atoms with Gasteiger partial charge in [-0.3, -0.25) is 38.5 Å². The lowest BCUT2D eigenvalue weighted by molar-refractivity contribution is -0.133. The van der Waals surface area contributed by atoms with Crippen molar-refractivity contribution in [2.75, 3.05) is 246 Å². The molecular weight excluding hydrogens is 1820 g/mol. The second-order valence-electron chi connectivity index (χ2n) is 42.2. The van der Waals surface area contributed by atoms with Crippen LogP contribution < -0.4 is 9.80 Å². The number of carbonyl (C=O) groups excluding carboxylic acids is 9. The fourth-order valence-electron chi connectivity index (χ4n) is 19.7. The van der Waals surface area contributed by atoms with Crippen LogP contribution in [0.3, 0.4) is 0 Å². The zero-order chi connectivity index (χ0) is 100. The molecule has 762 valence electrons. The summed E-state index contributed by atoms with van der Waals surface area (Å²) in [5, 5.41) is 0. The van der Waals surface area contributed by atoms with Gasteiger partial charge in [0.2, 0.25) is 17.7 Å². The monoisotopic (exact) mass is 1970 g/mol. The number of likely N-dealkylation sites (tertiary alicyclic amines) is 9. The van der Waals surface area contributed by atoms with Gasteiger partial charge >= 0.3 is 12.2 Å². The summed E-state index contributed by atoms with van der Waals surface area (Å²) in [4.78, 5) is 137. The molecule has 0 N–H and O–H groups in total. The number of morpholine rings is 1. The number of ether oxygens (including phenoxy) is 3. The molecule has 0 radical (unpaired) electrons. The Kier molecular flexibility index (Phi) is 41.7. The topological polar surface area (TPSA) is 326 Å². The van der Waals surface area contributed by atoms with E-state index in [2.05, 4.69) is 67.4 Å². The number of piperidine rings is 1. The highest BCUT2D eigenvalue weighted by molar-refractivity contribution is 7.91. The van der Waals surface area contributed by atoms with Gasteiger partial charge in [-0.05, 0) is 199 Å². The van der Waals surface area contributed by atoms with E-state index in [9.17, 15) is 68.4 Å². The third-order valence-electron chi connectivity index (χ3n) is 26.4.